The standard InChI is InChI=1S/C10H12N4O3/c1-3-17-9-6(5-11)7(12)4-8(13-9)14-10(15)16-2/h4H,3H2,1-2H3,(H3,12,13,14,15). The number of anilines is 2. The maximum Gasteiger partial charge on any atom is 0.412 e. The zero-order valence-corrected chi connectivity index (χ0v) is 9.48. The van der Waals surface area contributed by atoms with Crippen LogP contribution >= 0.6 is 0 Å². The Balaban J connectivity index is 3.11. The normalized spacial score (nSPS) is 9.24. The molecule has 0 spiro atoms. The van der Waals surface area contributed by atoms with E-state index in [0.29, 0.717) is 6.61 Å². The number of carbonyl (C=O) groups is 1. The van der Waals surface area contributed by atoms with Crippen LogP contribution in [0, 0.1) is 11.3 Å². The minimum Gasteiger partial charge on any atom is -0.477 e. The van der Waals surface area contributed by atoms with Crippen molar-refractivity contribution in [2.45, 2.75) is 6.92 Å². The Morgan fingerprint density at radius 3 is 2.94 bits per heavy atom. The highest BCUT2D eigenvalue weighted by Crippen LogP contribution is 2.24. The van der Waals surface area contributed by atoms with Gasteiger partial charge in [0.25, 0.3) is 0 Å². The lowest BCUT2D eigenvalue weighted by molar-refractivity contribution is 0.187. The summed E-state index contributed by atoms with van der Waals surface area (Å²) in [7, 11) is 1.23. The molecule has 0 aliphatic rings. The molecule has 1 aromatic heterocycles. The Morgan fingerprint density at radius 2 is 2.41 bits per heavy atom. The van der Waals surface area contributed by atoms with Crippen LogP contribution in [0.4, 0.5) is 16.3 Å². The van der Waals surface area contributed by atoms with E-state index in [1.807, 2.05) is 6.07 Å². The fourth-order valence-electron chi connectivity index (χ4n) is 1.11. The van der Waals surface area contributed by atoms with Crippen molar-refractivity contribution >= 4 is 17.6 Å². The Kier molecular flexibility index (Phi) is 4.11. The van der Waals surface area contributed by atoms with E-state index in [0.717, 1.165) is 0 Å². The van der Waals surface area contributed by atoms with Gasteiger partial charge in [0.05, 0.1) is 19.4 Å². The molecule has 0 saturated carbocycles. The molecule has 0 aliphatic carbocycles. The van der Waals surface area contributed by atoms with Crippen LogP contribution in [0.3, 0.4) is 0 Å². The van der Waals surface area contributed by atoms with Crippen LogP contribution < -0.4 is 15.8 Å². The van der Waals surface area contributed by atoms with Gasteiger partial charge in [-0.15, -0.1) is 0 Å². The lowest BCUT2D eigenvalue weighted by atomic mass is 10.2. The molecular formula is C10H12N4O3. The molecule has 7 heteroatoms. The number of nitriles is 1. The number of ether oxygens (including phenoxy) is 2. The van der Waals surface area contributed by atoms with Crippen LogP contribution in [0.25, 0.3) is 0 Å². The maximum atomic E-state index is 11.0. The van der Waals surface area contributed by atoms with Crippen LogP contribution in [0.5, 0.6) is 5.88 Å². The summed E-state index contributed by atoms with van der Waals surface area (Å²) in [4.78, 5) is 14.9. The second-order valence-electron chi connectivity index (χ2n) is 2.94. The van der Waals surface area contributed by atoms with Gasteiger partial charge in [-0.1, -0.05) is 0 Å². The molecule has 1 rings (SSSR count). The van der Waals surface area contributed by atoms with Crippen molar-refractivity contribution in [2.75, 3.05) is 24.8 Å². The summed E-state index contributed by atoms with van der Waals surface area (Å²) in [6.07, 6.45) is -0.677. The molecule has 17 heavy (non-hydrogen) atoms. The van der Waals surface area contributed by atoms with E-state index in [1.54, 1.807) is 6.92 Å². The predicted molar refractivity (Wildman–Crippen MR) is 60.6 cm³/mol. The number of nitrogens with zero attached hydrogens (tertiary/aromatic N) is 2. The zero-order valence-electron chi connectivity index (χ0n) is 9.48. The second-order valence-corrected chi connectivity index (χ2v) is 2.94. The van der Waals surface area contributed by atoms with Gasteiger partial charge in [-0.05, 0) is 6.92 Å². The molecule has 0 atom stereocenters. The fraction of sp³-hybridized carbons (Fsp3) is 0.300. The highest BCUT2D eigenvalue weighted by atomic mass is 16.5. The Labute approximate surface area is 98.1 Å². The third-order valence-electron chi connectivity index (χ3n) is 1.83. The summed E-state index contributed by atoms with van der Waals surface area (Å²) < 4.78 is 9.57. The van der Waals surface area contributed by atoms with E-state index in [2.05, 4.69) is 15.0 Å². The van der Waals surface area contributed by atoms with Crippen molar-refractivity contribution in [1.82, 2.24) is 4.98 Å². The number of amides is 1. The summed E-state index contributed by atoms with van der Waals surface area (Å²) >= 11 is 0. The molecular weight excluding hydrogens is 224 g/mol. The molecule has 0 bridgehead atoms. The largest absolute Gasteiger partial charge is 0.477 e. The first-order chi connectivity index (χ1) is 8.12. The number of nitrogen functional groups attached to an aromatic ring is 1. The summed E-state index contributed by atoms with van der Waals surface area (Å²) in [5.74, 6) is 0.248. The van der Waals surface area contributed by atoms with Crippen LogP contribution in [0.1, 0.15) is 12.5 Å². The molecule has 0 saturated heterocycles. The average molecular weight is 236 g/mol. The number of hydrogen-bond donors (Lipinski definition) is 2. The van der Waals surface area contributed by atoms with Gasteiger partial charge in [-0.25, -0.2) is 4.79 Å². The Morgan fingerprint density at radius 1 is 1.71 bits per heavy atom. The van der Waals surface area contributed by atoms with Gasteiger partial charge < -0.3 is 15.2 Å². The van der Waals surface area contributed by atoms with Crippen molar-refractivity contribution in [3.05, 3.63) is 11.6 Å². The third kappa shape index (κ3) is 2.98. The molecule has 3 N–H and O–H groups in total. The second kappa shape index (κ2) is 5.55. The third-order valence-corrected chi connectivity index (χ3v) is 1.83. The van der Waals surface area contributed by atoms with Gasteiger partial charge in [0.2, 0.25) is 5.88 Å². The maximum absolute atomic E-state index is 11.0. The zero-order chi connectivity index (χ0) is 12.8. The SMILES string of the molecule is CCOc1nc(NC(=O)OC)cc(N)c1C#N. The van der Waals surface area contributed by atoms with E-state index < -0.39 is 6.09 Å². The van der Waals surface area contributed by atoms with Gasteiger partial charge in [-0.2, -0.15) is 10.2 Å². The number of rotatable bonds is 3. The smallest absolute Gasteiger partial charge is 0.412 e. The first-order valence-corrected chi connectivity index (χ1v) is 4.80. The van der Waals surface area contributed by atoms with Gasteiger partial charge in [0.15, 0.2) is 0 Å². The van der Waals surface area contributed by atoms with Crippen molar-refractivity contribution in [1.29, 1.82) is 5.26 Å². The Hall–Kier alpha value is -2.49. The summed E-state index contributed by atoms with van der Waals surface area (Å²) in [6, 6.07) is 3.25. The number of nitrogens with two attached hydrogens (primary N) is 1. The highest BCUT2D eigenvalue weighted by molar-refractivity contribution is 5.84. The summed E-state index contributed by atoms with van der Waals surface area (Å²) in [5.41, 5.74) is 5.96. The van der Waals surface area contributed by atoms with Crippen LogP contribution in [0.2, 0.25) is 0 Å². The van der Waals surface area contributed by atoms with Gasteiger partial charge in [0, 0.05) is 6.07 Å². The molecule has 0 fully saturated rings. The lowest BCUT2D eigenvalue weighted by Crippen LogP contribution is -2.13. The van der Waals surface area contributed by atoms with Crippen LogP contribution in [-0.4, -0.2) is 24.8 Å². The summed E-state index contributed by atoms with van der Waals surface area (Å²) in [5, 5.41) is 11.2. The molecule has 0 aliphatic heterocycles. The molecule has 1 amide bonds. The number of aromatic nitrogens is 1. The first kappa shape index (κ1) is 12.6. The first-order valence-electron chi connectivity index (χ1n) is 4.80. The quantitative estimate of drug-likeness (QED) is 0.813. The molecule has 0 unspecified atom stereocenters. The molecule has 90 valence electrons. The lowest BCUT2D eigenvalue weighted by Gasteiger charge is -2.09. The minimum atomic E-state index is -0.677. The number of methoxy groups -OCH3 is 1. The van der Waals surface area contributed by atoms with Gasteiger partial charge in [0.1, 0.15) is 17.5 Å². The van der Waals surface area contributed by atoms with Crippen molar-refractivity contribution in [3.8, 4) is 11.9 Å². The number of hydrogen-bond acceptors (Lipinski definition) is 6. The number of carbonyl (C=O) groups excluding carboxylic acids is 1. The van der Waals surface area contributed by atoms with E-state index >= 15 is 0 Å². The van der Waals surface area contributed by atoms with Gasteiger partial charge >= 0.3 is 6.09 Å². The predicted octanol–water partition coefficient (Wildman–Crippen LogP) is 1.11. The minimum absolute atomic E-state index is 0.0846. The van der Waals surface area contributed by atoms with E-state index in [9.17, 15) is 4.79 Å². The highest BCUT2D eigenvalue weighted by Gasteiger charge is 2.13. The van der Waals surface area contributed by atoms with E-state index in [4.69, 9.17) is 15.7 Å². The number of pyridine rings is 1. The molecule has 7 nitrogen and oxygen atoms in total. The van der Waals surface area contributed by atoms with E-state index in [-0.39, 0.29) is 22.9 Å². The van der Waals surface area contributed by atoms with Gasteiger partial charge in [-0.3, -0.25) is 5.32 Å². The molecule has 0 aromatic carbocycles. The van der Waals surface area contributed by atoms with E-state index in [1.165, 1.54) is 13.2 Å². The molecule has 0 radical (unpaired) electrons. The fourth-order valence-corrected chi connectivity index (χ4v) is 1.11. The molecule has 1 aromatic rings. The van der Waals surface area contributed by atoms with Crippen LogP contribution in [0.15, 0.2) is 6.07 Å². The molecule has 1 heterocycles. The Bertz CT molecular complexity index is 467. The van der Waals surface area contributed by atoms with Crippen molar-refractivity contribution in [2.24, 2.45) is 0 Å². The monoisotopic (exact) mass is 236 g/mol. The van der Waals surface area contributed by atoms with Crippen molar-refractivity contribution in [3.63, 3.8) is 0 Å². The topological polar surface area (TPSA) is 110 Å². The summed E-state index contributed by atoms with van der Waals surface area (Å²) in [6.45, 7) is 2.09. The number of nitrogens with one attached hydrogen (secondary N) is 1. The van der Waals surface area contributed by atoms with Crippen molar-refractivity contribution < 1.29 is 14.3 Å². The average Bonchev–Trinajstić information content (AvgIpc) is 2.29. The van der Waals surface area contributed by atoms with Crippen LogP contribution in [-0.2, 0) is 4.74 Å².